The Balaban J connectivity index is 2.60. The standard InChI is InChI=1S/C12H17FOS/c1-9(2)6-7-14-11-5-4-10(13)8-12(11)15-3/h4-5,8-9H,6-7H2,1-3H3. The van der Waals surface area contributed by atoms with Gasteiger partial charge in [0.2, 0.25) is 0 Å². The Morgan fingerprint density at radius 1 is 1.40 bits per heavy atom. The van der Waals surface area contributed by atoms with E-state index in [4.69, 9.17) is 4.74 Å². The Morgan fingerprint density at radius 3 is 2.73 bits per heavy atom. The van der Waals surface area contributed by atoms with Gasteiger partial charge in [0.25, 0.3) is 0 Å². The highest BCUT2D eigenvalue weighted by Crippen LogP contribution is 2.28. The molecule has 0 saturated carbocycles. The zero-order valence-corrected chi connectivity index (χ0v) is 10.2. The maximum Gasteiger partial charge on any atom is 0.133 e. The van der Waals surface area contributed by atoms with E-state index in [9.17, 15) is 4.39 Å². The molecule has 0 saturated heterocycles. The van der Waals surface area contributed by atoms with Crippen LogP contribution in [0.15, 0.2) is 23.1 Å². The van der Waals surface area contributed by atoms with Crippen molar-refractivity contribution < 1.29 is 9.13 Å². The van der Waals surface area contributed by atoms with Crippen LogP contribution in [0.2, 0.25) is 0 Å². The van der Waals surface area contributed by atoms with Gasteiger partial charge < -0.3 is 4.74 Å². The fraction of sp³-hybridized carbons (Fsp3) is 0.500. The zero-order chi connectivity index (χ0) is 11.3. The first-order chi connectivity index (χ1) is 7.13. The molecule has 0 aromatic heterocycles. The molecule has 0 N–H and O–H groups in total. The van der Waals surface area contributed by atoms with E-state index in [-0.39, 0.29) is 5.82 Å². The Hall–Kier alpha value is -0.700. The van der Waals surface area contributed by atoms with Gasteiger partial charge in [-0.05, 0) is 36.8 Å². The highest BCUT2D eigenvalue weighted by Gasteiger charge is 2.04. The predicted octanol–water partition coefficient (Wildman–Crippen LogP) is 3.97. The molecule has 0 aliphatic heterocycles. The lowest BCUT2D eigenvalue weighted by atomic mass is 10.1. The fourth-order valence-electron chi connectivity index (χ4n) is 1.17. The molecule has 84 valence electrons. The molecule has 15 heavy (non-hydrogen) atoms. The largest absolute Gasteiger partial charge is 0.492 e. The summed E-state index contributed by atoms with van der Waals surface area (Å²) in [6.45, 7) is 5.00. The molecule has 0 atom stereocenters. The summed E-state index contributed by atoms with van der Waals surface area (Å²) < 4.78 is 18.5. The van der Waals surface area contributed by atoms with E-state index in [2.05, 4.69) is 13.8 Å². The number of hydrogen-bond donors (Lipinski definition) is 0. The van der Waals surface area contributed by atoms with Crippen molar-refractivity contribution in [3.8, 4) is 5.75 Å². The Bertz CT molecular complexity index is 312. The van der Waals surface area contributed by atoms with Gasteiger partial charge in [0.05, 0.1) is 11.5 Å². The smallest absolute Gasteiger partial charge is 0.133 e. The van der Waals surface area contributed by atoms with Crippen LogP contribution in [0.5, 0.6) is 5.75 Å². The molecule has 3 heteroatoms. The van der Waals surface area contributed by atoms with Gasteiger partial charge >= 0.3 is 0 Å². The summed E-state index contributed by atoms with van der Waals surface area (Å²) >= 11 is 1.50. The Morgan fingerprint density at radius 2 is 2.13 bits per heavy atom. The maximum absolute atomic E-state index is 12.9. The van der Waals surface area contributed by atoms with Gasteiger partial charge in [-0.25, -0.2) is 4.39 Å². The molecule has 0 bridgehead atoms. The van der Waals surface area contributed by atoms with Gasteiger partial charge in [-0.2, -0.15) is 0 Å². The van der Waals surface area contributed by atoms with Gasteiger partial charge in [0, 0.05) is 0 Å². The minimum atomic E-state index is -0.212. The van der Waals surface area contributed by atoms with Crippen molar-refractivity contribution in [3.63, 3.8) is 0 Å². The number of ether oxygens (including phenoxy) is 1. The molecule has 1 rings (SSSR count). The van der Waals surface area contributed by atoms with Crippen molar-refractivity contribution in [1.29, 1.82) is 0 Å². The molecule has 0 radical (unpaired) electrons. The molecule has 1 aromatic rings. The average Bonchev–Trinajstić information content (AvgIpc) is 2.19. The van der Waals surface area contributed by atoms with Gasteiger partial charge in [0.15, 0.2) is 0 Å². The molecule has 0 amide bonds. The molecule has 0 aliphatic carbocycles. The first-order valence-corrected chi connectivity index (χ1v) is 6.32. The minimum absolute atomic E-state index is 0.212. The SMILES string of the molecule is CSc1cc(F)ccc1OCCC(C)C. The van der Waals surface area contributed by atoms with Crippen LogP contribution in [0.4, 0.5) is 4.39 Å². The maximum atomic E-state index is 12.9. The van der Waals surface area contributed by atoms with Gasteiger partial charge in [-0.1, -0.05) is 13.8 Å². The summed E-state index contributed by atoms with van der Waals surface area (Å²) in [5.41, 5.74) is 0. The number of hydrogen-bond acceptors (Lipinski definition) is 2. The van der Waals surface area contributed by atoms with Crippen molar-refractivity contribution in [2.75, 3.05) is 12.9 Å². The molecule has 0 fully saturated rings. The second-order valence-corrected chi connectivity index (χ2v) is 4.67. The normalized spacial score (nSPS) is 10.7. The highest BCUT2D eigenvalue weighted by molar-refractivity contribution is 7.98. The summed E-state index contributed by atoms with van der Waals surface area (Å²) in [5.74, 6) is 1.20. The Kier molecular flexibility index (Phi) is 4.95. The third kappa shape index (κ3) is 4.12. The molecular weight excluding hydrogens is 211 g/mol. The van der Waals surface area contributed by atoms with Crippen LogP contribution in [0.3, 0.4) is 0 Å². The summed E-state index contributed by atoms with van der Waals surface area (Å²) in [6, 6.07) is 4.64. The van der Waals surface area contributed by atoms with E-state index < -0.39 is 0 Å². The number of thioether (sulfide) groups is 1. The van der Waals surface area contributed by atoms with E-state index in [1.807, 2.05) is 6.26 Å². The highest BCUT2D eigenvalue weighted by atomic mass is 32.2. The first-order valence-electron chi connectivity index (χ1n) is 5.10. The van der Waals surface area contributed by atoms with Crippen molar-refractivity contribution >= 4 is 11.8 Å². The van der Waals surface area contributed by atoms with E-state index in [0.717, 1.165) is 17.1 Å². The summed E-state index contributed by atoms with van der Waals surface area (Å²) in [4.78, 5) is 0.860. The Labute approximate surface area is 95.0 Å². The van der Waals surface area contributed by atoms with Crippen LogP contribution in [0.1, 0.15) is 20.3 Å². The third-order valence-electron chi connectivity index (χ3n) is 2.08. The van der Waals surface area contributed by atoms with E-state index in [0.29, 0.717) is 12.5 Å². The predicted molar refractivity (Wildman–Crippen MR) is 63.1 cm³/mol. The lowest BCUT2D eigenvalue weighted by molar-refractivity contribution is 0.283. The van der Waals surface area contributed by atoms with Crippen molar-refractivity contribution in [2.24, 2.45) is 5.92 Å². The summed E-state index contributed by atoms with van der Waals surface area (Å²) in [5, 5.41) is 0. The molecular formula is C12H17FOS. The average molecular weight is 228 g/mol. The van der Waals surface area contributed by atoms with Crippen LogP contribution < -0.4 is 4.74 Å². The van der Waals surface area contributed by atoms with Gasteiger partial charge in [0.1, 0.15) is 11.6 Å². The summed E-state index contributed by atoms with van der Waals surface area (Å²) in [7, 11) is 0. The molecule has 0 unspecified atom stereocenters. The number of benzene rings is 1. The topological polar surface area (TPSA) is 9.23 Å². The fourth-order valence-corrected chi connectivity index (χ4v) is 1.72. The number of halogens is 1. The van der Waals surface area contributed by atoms with Crippen LogP contribution >= 0.6 is 11.8 Å². The minimum Gasteiger partial charge on any atom is -0.492 e. The monoisotopic (exact) mass is 228 g/mol. The summed E-state index contributed by atoms with van der Waals surface area (Å²) in [6.07, 6.45) is 2.94. The van der Waals surface area contributed by atoms with Crippen LogP contribution in [-0.4, -0.2) is 12.9 Å². The van der Waals surface area contributed by atoms with E-state index >= 15 is 0 Å². The number of rotatable bonds is 5. The van der Waals surface area contributed by atoms with Crippen molar-refractivity contribution in [2.45, 2.75) is 25.2 Å². The van der Waals surface area contributed by atoms with E-state index in [1.165, 1.54) is 23.9 Å². The molecule has 0 spiro atoms. The quantitative estimate of drug-likeness (QED) is 0.705. The molecule has 1 aromatic carbocycles. The first kappa shape index (κ1) is 12.4. The lowest BCUT2D eigenvalue weighted by Crippen LogP contribution is -2.02. The van der Waals surface area contributed by atoms with Gasteiger partial charge in [-0.3, -0.25) is 0 Å². The lowest BCUT2D eigenvalue weighted by Gasteiger charge is -2.11. The van der Waals surface area contributed by atoms with Crippen LogP contribution in [0.25, 0.3) is 0 Å². The van der Waals surface area contributed by atoms with Gasteiger partial charge in [-0.15, -0.1) is 11.8 Å². The van der Waals surface area contributed by atoms with Crippen molar-refractivity contribution in [1.82, 2.24) is 0 Å². The van der Waals surface area contributed by atoms with Crippen molar-refractivity contribution in [3.05, 3.63) is 24.0 Å². The second kappa shape index (κ2) is 6.01. The van der Waals surface area contributed by atoms with Crippen LogP contribution in [0, 0.1) is 11.7 Å². The zero-order valence-electron chi connectivity index (χ0n) is 9.42. The second-order valence-electron chi connectivity index (χ2n) is 3.83. The third-order valence-corrected chi connectivity index (χ3v) is 2.84. The van der Waals surface area contributed by atoms with E-state index in [1.54, 1.807) is 6.07 Å². The molecule has 0 aliphatic rings. The van der Waals surface area contributed by atoms with Crippen LogP contribution in [-0.2, 0) is 0 Å². The molecule has 1 nitrogen and oxygen atoms in total. The molecule has 0 heterocycles.